The van der Waals surface area contributed by atoms with E-state index in [1.165, 1.54) is 0 Å². The smallest absolute Gasteiger partial charge is 0.400 e. The molecule has 0 saturated heterocycles. The zero-order valence-corrected chi connectivity index (χ0v) is 11.2. The largest absolute Gasteiger partial charge is 0.409 e. The standard InChI is InChI=1S/C10H11F3IN3O/c11-10(12,13)6(9(15)17-18)5-16-8-4-2-1-3-7(8)14/h1-4,6,16,18H,5H2,(H2,15,17). The van der Waals surface area contributed by atoms with Gasteiger partial charge in [0, 0.05) is 15.8 Å². The molecule has 0 saturated carbocycles. The molecule has 4 nitrogen and oxygen atoms in total. The number of rotatable bonds is 4. The van der Waals surface area contributed by atoms with Crippen LogP contribution >= 0.6 is 22.6 Å². The molecule has 100 valence electrons. The molecule has 1 rings (SSSR count). The van der Waals surface area contributed by atoms with E-state index in [0.717, 1.165) is 3.57 Å². The molecule has 0 amide bonds. The highest BCUT2D eigenvalue weighted by Crippen LogP contribution is 2.27. The molecule has 1 aromatic carbocycles. The Labute approximate surface area is 115 Å². The van der Waals surface area contributed by atoms with E-state index in [4.69, 9.17) is 10.9 Å². The minimum atomic E-state index is -4.57. The lowest BCUT2D eigenvalue weighted by molar-refractivity contribution is -0.152. The van der Waals surface area contributed by atoms with Crippen molar-refractivity contribution in [2.75, 3.05) is 11.9 Å². The highest BCUT2D eigenvalue weighted by atomic mass is 127. The van der Waals surface area contributed by atoms with E-state index in [-0.39, 0.29) is 0 Å². The number of para-hydroxylation sites is 1. The van der Waals surface area contributed by atoms with Crippen molar-refractivity contribution in [1.29, 1.82) is 0 Å². The molecule has 1 unspecified atom stereocenters. The predicted molar refractivity (Wildman–Crippen MR) is 70.6 cm³/mol. The van der Waals surface area contributed by atoms with Crippen LogP contribution in [0.15, 0.2) is 29.4 Å². The fourth-order valence-corrected chi connectivity index (χ4v) is 1.85. The molecular formula is C10H11F3IN3O. The van der Waals surface area contributed by atoms with Gasteiger partial charge in [-0.15, -0.1) is 0 Å². The third-order valence-electron chi connectivity index (χ3n) is 2.24. The summed E-state index contributed by atoms with van der Waals surface area (Å²) in [6.07, 6.45) is -4.57. The van der Waals surface area contributed by atoms with Crippen LogP contribution in [-0.2, 0) is 0 Å². The molecule has 0 radical (unpaired) electrons. The molecule has 0 aliphatic carbocycles. The topological polar surface area (TPSA) is 70.6 Å². The number of hydrogen-bond acceptors (Lipinski definition) is 3. The summed E-state index contributed by atoms with van der Waals surface area (Å²) in [4.78, 5) is 0. The van der Waals surface area contributed by atoms with E-state index in [2.05, 4.69) is 10.5 Å². The summed E-state index contributed by atoms with van der Waals surface area (Å²) in [5.41, 5.74) is 5.61. The maximum absolute atomic E-state index is 12.6. The van der Waals surface area contributed by atoms with Crippen LogP contribution in [0.25, 0.3) is 0 Å². The van der Waals surface area contributed by atoms with E-state index in [1.54, 1.807) is 24.3 Å². The van der Waals surface area contributed by atoms with Crippen molar-refractivity contribution < 1.29 is 18.4 Å². The van der Waals surface area contributed by atoms with E-state index >= 15 is 0 Å². The first-order chi connectivity index (χ1) is 8.36. The Bertz CT molecular complexity index is 437. The summed E-state index contributed by atoms with van der Waals surface area (Å²) in [7, 11) is 0. The van der Waals surface area contributed by atoms with Gasteiger partial charge in [0.15, 0.2) is 5.84 Å². The van der Waals surface area contributed by atoms with Crippen molar-refractivity contribution in [3.63, 3.8) is 0 Å². The van der Waals surface area contributed by atoms with Crippen LogP contribution in [-0.4, -0.2) is 23.8 Å². The third kappa shape index (κ3) is 3.93. The number of oxime groups is 1. The van der Waals surface area contributed by atoms with Crippen molar-refractivity contribution >= 4 is 34.1 Å². The quantitative estimate of drug-likeness (QED) is 0.250. The Morgan fingerprint density at radius 3 is 2.56 bits per heavy atom. The van der Waals surface area contributed by atoms with Gasteiger partial charge >= 0.3 is 6.18 Å². The highest BCUT2D eigenvalue weighted by molar-refractivity contribution is 14.1. The lowest BCUT2D eigenvalue weighted by Crippen LogP contribution is -2.40. The monoisotopic (exact) mass is 373 g/mol. The van der Waals surface area contributed by atoms with Crippen LogP contribution in [0.2, 0.25) is 0 Å². The number of hydrogen-bond donors (Lipinski definition) is 3. The third-order valence-corrected chi connectivity index (χ3v) is 3.18. The van der Waals surface area contributed by atoms with Gasteiger partial charge in [-0.05, 0) is 34.7 Å². The number of nitrogens with two attached hydrogens (primary N) is 1. The van der Waals surface area contributed by atoms with E-state index in [1.807, 2.05) is 22.6 Å². The average Bonchev–Trinajstić information content (AvgIpc) is 2.29. The number of anilines is 1. The molecule has 8 heteroatoms. The van der Waals surface area contributed by atoms with Gasteiger partial charge in [-0.2, -0.15) is 13.2 Å². The summed E-state index contributed by atoms with van der Waals surface area (Å²) in [6.45, 7) is -0.487. The van der Waals surface area contributed by atoms with Crippen molar-refractivity contribution in [1.82, 2.24) is 0 Å². The van der Waals surface area contributed by atoms with Crippen LogP contribution in [0.3, 0.4) is 0 Å². The van der Waals surface area contributed by atoms with Gasteiger partial charge in [-0.3, -0.25) is 0 Å². The first-order valence-electron chi connectivity index (χ1n) is 4.88. The Kier molecular flexibility index (Phi) is 5.05. The van der Waals surface area contributed by atoms with Crippen molar-refractivity contribution in [3.05, 3.63) is 27.8 Å². The summed E-state index contributed by atoms with van der Waals surface area (Å²) in [5.74, 6) is -2.89. The highest BCUT2D eigenvalue weighted by Gasteiger charge is 2.42. The molecule has 18 heavy (non-hydrogen) atoms. The lowest BCUT2D eigenvalue weighted by Gasteiger charge is -2.20. The van der Waals surface area contributed by atoms with E-state index in [0.29, 0.717) is 5.69 Å². The van der Waals surface area contributed by atoms with Crippen molar-refractivity contribution in [2.45, 2.75) is 6.18 Å². The van der Waals surface area contributed by atoms with Crippen LogP contribution < -0.4 is 11.1 Å². The summed E-state index contributed by atoms with van der Waals surface area (Å²) >= 11 is 2.00. The number of nitrogens with one attached hydrogen (secondary N) is 1. The zero-order chi connectivity index (χ0) is 13.8. The number of halogens is 4. The maximum atomic E-state index is 12.6. The van der Waals surface area contributed by atoms with Crippen molar-refractivity contribution in [2.24, 2.45) is 16.8 Å². The van der Waals surface area contributed by atoms with Crippen LogP contribution in [0.4, 0.5) is 18.9 Å². The average molecular weight is 373 g/mol. The molecule has 0 heterocycles. The van der Waals surface area contributed by atoms with Crippen LogP contribution in [0.5, 0.6) is 0 Å². The van der Waals surface area contributed by atoms with Gasteiger partial charge < -0.3 is 16.3 Å². The first-order valence-corrected chi connectivity index (χ1v) is 5.96. The lowest BCUT2D eigenvalue weighted by atomic mass is 10.1. The minimum Gasteiger partial charge on any atom is -0.409 e. The van der Waals surface area contributed by atoms with E-state index < -0.39 is 24.5 Å². The van der Waals surface area contributed by atoms with Gasteiger partial charge in [0.2, 0.25) is 0 Å². The molecule has 0 aliphatic heterocycles. The number of nitrogens with zero attached hydrogens (tertiary/aromatic N) is 1. The summed E-state index contributed by atoms with van der Waals surface area (Å²) in [6, 6.07) is 6.89. The van der Waals surface area contributed by atoms with Gasteiger partial charge in [0.05, 0.1) is 0 Å². The molecule has 0 aliphatic rings. The number of amidine groups is 1. The Morgan fingerprint density at radius 1 is 1.44 bits per heavy atom. The van der Waals surface area contributed by atoms with Gasteiger partial charge in [-0.1, -0.05) is 17.3 Å². The SMILES string of the molecule is N/C(=N/O)C(CNc1ccccc1I)C(F)(F)F. The molecule has 0 fully saturated rings. The molecule has 0 aromatic heterocycles. The second-order valence-electron chi connectivity index (χ2n) is 3.48. The summed E-state index contributed by atoms with van der Waals surface area (Å²) < 4.78 is 38.7. The predicted octanol–water partition coefficient (Wildman–Crippen LogP) is 2.63. The molecular weight excluding hydrogens is 362 g/mol. The molecule has 1 atom stereocenters. The first kappa shape index (κ1) is 14.9. The molecule has 1 aromatic rings. The van der Waals surface area contributed by atoms with E-state index in [9.17, 15) is 13.2 Å². The second kappa shape index (κ2) is 6.12. The maximum Gasteiger partial charge on any atom is 0.400 e. The normalized spacial score (nSPS) is 14.3. The fourth-order valence-electron chi connectivity index (χ4n) is 1.27. The van der Waals surface area contributed by atoms with Gasteiger partial charge in [-0.25, -0.2) is 0 Å². The fraction of sp³-hybridized carbons (Fsp3) is 0.300. The van der Waals surface area contributed by atoms with Crippen LogP contribution in [0.1, 0.15) is 0 Å². The van der Waals surface area contributed by atoms with Crippen LogP contribution in [0, 0.1) is 9.49 Å². The molecule has 0 bridgehead atoms. The molecule has 4 N–H and O–H groups in total. The minimum absolute atomic E-state index is 0.487. The number of alkyl halides is 3. The van der Waals surface area contributed by atoms with Gasteiger partial charge in [0.25, 0.3) is 0 Å². The number of benzene rings is 1. The molecule has 0 spiro atoms. The Hall–Kier alpha value is -1.19. The second-order valence-corrected chi connectivity index (χ2v) is 4.64. The summed E-state index contributed by atoms with van der Waals surface area (Å²) in [5, 5.41) is 13.4. The van der Waals surface area contributed by atoms with Gasteiger partial charge in [0.1, 0.15) is 5.92 Å². The van der Waals surface area contributed by atoms with Crippen molar-refractivity contribution in [3.8, 4) is 0 Å². The Morgan fingerprint density at radius 2 is 2.06 bits per heavy atom. The zero-order valence-electron chi connectivity index (χ0n) is 9.08. The Balaban J connectivity index is 2.78.